The number of carbonyl (C=O) groups excluding carboxylic acids is 1. The van der Waals surface area contributed by atoms with Crippen molar-refractivity contribution < 1.29 is 28.2 Å². The van der Waals surface area contributed by atoms with Gasteiger partial charge < -0.3 is 20.1 Å². The Morgan fingerprint density at radius 2 is 1.68 bits per heavy atom. The highest BCUT2D eigenvalue weighted by molar-refractivity contribution is 7.21. The molecule has 0 aliphatic heterocycles. The molecule has 47 heavy (non-hydrogen) atoms. The van der Waals surface area contributed by atoms with Crippen LogP contribution in [0.3, 0.4) is 0 Å². The second kappa shape index (κ2) is 13.8. The van der Waals surface area contributed by atoms with Crippen LogP contribution in [0.4, 0.5) is 13.6 Å². The van der Waals surface area contributed by atoms with Crippen molar-refractivity contribution in [2.24, 2.45) is 11.3 Å². The maximum absolute atomic E-state index is 14.8. The van der Waals surface area contributed by atoms with Crippen LogP contribution in [-0.4, -0.2) is 46.2 Å². The fourth-order valence-electron chi connectivity index (χ4n) is 6.92. The molecule has 0 saturated heterocycles. The summed E-state index contributed by atoms with van der Waals surface area (Å²) in [5.41, 5.74) is 4.15. The highest BCUT2D eigenvalue weighted by Gasteiger charge is 2.39. The molecular weight excluding hydrogens is 644 g/mol. The van der Waals surface area contributed by atoms with Crippen molar-refractivity contribution in [2.45, 2.75) is 78.9 Å². The first-order chi connectivity index (χ1) is 22.2. The Labute approximate surface area is 282 Å². The summed E-state index contributed by atoms with van der Waals surface area (Å²) in [4.78, 5) is 32.5. The molecule has 2 amide bonds. The fourth-order valence-corrected chi connectivity index (χ4v) is 8.42. The zero-order valence-electron chi connectivity index (χ0n) is 27.4. The minimum Gasteiger partial charge on any atom is -0.496 e. The first-order valence-corrected chi connectivity index (χ1v) is 16.9. The summed E-state index contributed by atoms with van der Waals surface area (Å²) in [6.07, 6.45) is 1.54. The highest BCUT2D eigenvalue weighted by Crippen LogP contribution is 2.42. The Morgan fingerprint density at radius 1 is 1.04 bits per heavy atom. The van der Waals surface area contributed by atoms with E-state index in [4.69, 9.17) is 16.3 Å². The van der Waals surface area contributed by atoms with Gasteiger partial charge in [0.25, 0.3) is 5.91 Å². The third-order valence-electron chi connectivity index (χ3n) is 9.04. The number of rotatable bonds is 8. The number of carboxylic acid groups (broad SMARTS) is 1. The molecule has 4 aromatic rings. The summed E-state index contributed by atoms with van der Waals surface area (Å²) in [6.45, 7) is 10.1. The van der Waals surface area contributed by atoms with Crippen LogP contribution in [0.1, 0.15) is 73.1 Å². The van der Waals surface area contributed by atoms with Gasteiger partial charge in [0, 0.05) is 35.6 Å². The summed E-state index contributed by atoms with van der Waals surface area (Å²) in [5.74, 6) is -1.08. The molecule has 2 heterocycles. The minimum absolute atomic E-state index is 0.00206. The number of halogens is 3. The molecule has 0 radical (unpaired) electrons. The zero-order chi connectivity index (χ0) is 34.2. The number of fused-ring (bicyclic) bond motifs is 1. The van der Waals surface area contributed by atoms with E-state index < -0.39 is 23.6 Å². The maximum Gasteiger partial charge on any atom is 0.404 e. The van der Waals surface area contributed by atoms with Crippen LogP contribution in [0.25, 0.3) is 21.2 Å². The van der Waals surface area contributed by atoms with Crippen LogP contribution in [0.15, 0.2) is 42.5 Å². The molecule has 1 aliphatic carbocycles. The number of nitrogens with zero attached hydrogens (tertiary/aromatic N) is 2. The number of nitrogens with one attached hydrogen (secondary N) is 1. The number of amides is 2. The summed E-state index contributed by atoms with van der Waals surface area (Å²) in [5, 5.41) is 12.1. The van der Waals surface area contributed by atoms with E-state index in [0.29, 0.717) is 31.4 Å². The van der Waals surface area contributed by atoms with Crippen molar-refractivity contribution in [1.29, 1.82) is 0 Å². The zero-order valence-corrected chi connectivity index (χ0v) is 29.0. The van der Waals surface area contributed by atoms with Crippen molar-refractivity contribution in [3.8, 4) is 16.9 Å². The Kier molecular flexibility index (Phi) is 10.1. The lowest BCUT2D eigenvalue weighted by Gasteiger charge is -2.43. The molecule has 2 aromatic carbocycles. The lowest BCUT2D eigenvalue weighted by Crippen LogP contribution is -2.50. The second-order valence-electron chi connectivity index (χ2n) is 13.4. The van der Waals surface area contributed by atoms with Gasteiger partial charge in [-0.3, -0.25) is 9.78 Å². The van der Waals surface area contributed by atoms with Crippen LogP contribution >= 0.6 is 22.9 Å². The van der Waals surface area contributed by atoms with Gasteiger partial charge in [-0.2, -0.15) is 0 Å². The largest absolute Gasteiger partial charge is 0.496 e. The summed E-state index contributed by atoms with van der Waals surface area (Å²) in [6, 6.07) is 11.4. The molecule has 11 heteroatoms. The molecular formula is C36H40ClF2N3O4S. The Morgan fingerprint density at radius 3 is 2.26 bits per heavy atom. The Bertz CT molecular complexity index is 1790. The quantitative estimate of drug-likeness (QED) is 0.193. The third kappa shape index (κ3) is 7.38. The van der Waals surface area contributed by atoms with Crippen LogP contribution in [0.2, 0.25) is 5.02 Å². The van der Waals surface area contributed by atoms with E-state index in [0.717, 1.165) is 51.5 Å². The van der Waals surface area contributed by atoms with Crippen molar-refractivity contribution in [3.63, 3.8) is 0 Å². The van der Waals surface area contributed by atoms with E-state index in [1.807, 2.05) is 65.0 Å². The van der Waals surface area contributed by atoms with Gasteiger partial charge in [-0.1, -0.05) is 38.4 Å². The van der Waals surface area contributed by atoms with Gasteiger partial charge in [0.05, 0.1) is 22.2 Å². The summed E-state index contributed by atoms with van der Waals surface area (Å²) >= 11 is 7.49. The predicted molar refractivity (Wildman–Crippen MR) is 182 cm³/mol. The van der Waals surface area contributed by atoms with E-state index in [2.05, 4.69) is 10.3 Å². The molecule has 1 atom stereocenters. The second-order valence-corrected chi connectivity index (χ2v) is 14.8. The number of aromatic nitrogens is 1. The third-order valence-corrected chi connectivity index (χ3v) is 10.7. The molecule has 7 nitrogen and oxygen atoms in total. The molecule has 1 fully saturated rings. The number of hydrogen-bond acceptors (Lipinski definition) is 5. The fraction of sp³-hybridized carbons (Fsp3) is 0.417. The standard InChI is InChI=1S/C36H40ClF2N3O4S/c1-19-15-23(16-20(2)40-19)22-9-14-28(46-6)24(17-22)18-42(25-10-7-21(8-11-25)33(36(3,4)5)41-35(44)45)34(43)32-30(37)29-26(38)12-13-27(39)31(29)47-32/h9,12-17,21,25,33,41H,7-8,10-11,18H2,1-6H3,(H,44,45). The maximum atomic E-state index is 14.8. The van der Waals surface area contributed by atoms with Crippen molar-refractivity contribution in [1.82, 2.24) is 15.2 Å². The molecule has 5 rings (SSSR count). The van der Waals surface area contributed by atoms with Gasteiger partial charge in [-0.25, -0.2) is 13.6 Å². The van der Waals surface area contributed by atoms with Gasteiger partial charge in [0.2, 0.25) is 0 Å². The molecule has 1 unspecified atom stereocenters. The average molecular weight is 684 g/mol. The average Bonchev–Trinajstić information content (AvgIpc) is 3.37. The monoisotopic (exact) mass is 683 g/mol. The molecule has 1 saturated carbocycles. The van der Waals surface area contributed by atoms with Gasteiger partial charge in [-0.05, 0) is 98.4 Å². The van der Waals surface area contributed by atoms with Crippen LogP contribution in [0.5, 0.6) is 5.75 Å². The summed E-state index contributed by atoms with van der Waals surface area (Å²) in [7, 11) is 1.58. The van der Waals surface area contributed by atoms with E-state index in [1.165, 1.54) is 0 Å². The van der Waals surface area contributed by atoms with Gasteiger partial charge in [0.1, 0.15) is 22.3 Å². The van der Waals surface area contributed by atoms with E-state index >= 15 is 0 Å². The van der Waals surface area contributed by atoms with E-state index in [-0.39, 0.29) is 49.9 Å². The number of carbonyl (C=O) groups is 2. The van der Waals surface area contributed by atoms with Crippen molar-refractivity contribution in [2.75, 3.05) is 7.11 Å². The Hall–Kier alpha value is -3.76. The number of benzene rings is 2. The SMILES string of the molecule is COc1ccc(-c2cc(C)nc(C)c2)cc1CN(C(=O)c1sc2c(F)ccc(F)c2c1Cl)C1CCC(C(NC(=O)O)C(C)(C)C)CC1. The number of hydrogen-bond donors (Lipinski definition) is 2. The molecule has 2 N–H and O–H groups in total. The number of methoxy groups -OCH3 is 1. The minimum atomic E-state index is -1.06. The molecule has 1 aliphatic rings. The van der Waals surface area contributed by atoms with Crippen LogP contribution < -0.4 is 10.1 Å². The van der Waals surface area contributed by atoms with Crippen LogP contribution in [0, 0.1) is 36.8 Å². The van der Waals surface area contributed by atoms with Crippen molar-refractivity contribution in [3.05, 3.63) is 81.0 Å². The summed E-state index contributed by atoms with van der Waals surface area (Å²) < 4.78 is 35.4. The van der Waals surface area contributed by atoms with Gasteiger partial charge >= 0.3 is 6.09 Å². The smallest absolute Gasteiger partial charge is 0.404 e. The molecule has 250 valence electrons. The van der Waals surface area contributed by atoms with E-state index in [9.17, 15) is 23.5 Å². The number of pyridine rings is 1. The topological polar surface area (TPSA) is 91.8 Å². The highest BCUT2D eigenvalue weighted by atomic mass is 35.5. The normalized spacial score (nSPS) is 17.4. The molecule has 2 aromatic heterocycles. The molecule has 0 spiro atoms. The van der Waals surface area contributed by atoms with E-state index in [1.54, 1.807) is 12.0 Å². The van der Waals surface area contributed by atoms with Crippen LogP contribution in [-0.2, 0) is 6.54 Å². The molecule has 0 bridgehead atoms. The number of ether oxygens (including phenoxy) is 1. The van der Waals surface area contributed by atoms with Gasteiger partial charge in [0.15, 0.2) is 0 Å². The lowest BCUT2D eigenvalue weighted by molar-refractivity contribution is 0.0543. The van der Waals surface area contributed by atoms with Gasteiger partial charge in [-0.15, -0.1) is 11.3 Å². The van der Waals surface area contributed by atoms with Crippen molar-refractivity contribution >= 4 is 45.0 Å². The first-order valence-electron chi connectivity index (χ1n) is 15.7. The number of aryl methyl sites for hydroxylation is 2. The predicted octanol–water partition coefficient (Wildman–Crippen LogP) is 9.40. The Balaban J connectivity index is 1.54. The number of thiophene rings is 1. The first kappa shape index (κ1) is 34.6. The lowest BCUT2D eigenvalue weighted by atomic mass is 9.72.